The average molecular weight is 841 g/mol. The number of primary amides is 2. The molecule has 0 spiro atoms. The Kier molecular flexibility index (Phi) is 23.4. The first-order valence-electron chi connectivity index (χ1n) is 18.5. The van der Waals surface area contributed by atoms with E-state index in [2.05, 4.69) is 31.9 Å². The molecule has 24 heteroatoms. The fourth-order valence-corrected chi connectivity index (χ4v) is 5.15. The number of rotatable bonds is 29. The van der Waals surface area contributed by atoms with Crippen molar-refractivity contribution < 1.29 is 68.7 Å². The Balaban J connectivity index is 2.71. The fraction of sp³-hybridized carbons (Fsp3) is 0.571. The number of amides is 8. The monoisotopic (exact) mass is 840 g/mol. The number of unbranched alkanes of at least 4 members (excludes halogenated alkanes) is 1. The summed E-state index contributed by atoms with van der Waals surface area (Å²) in [5.41, 5.74) is 16.9. The molecule has 3 unspecified atom stereocenters. The number of carbonyl (C=O) groups excluding carboxylic acids is 8. The number of nitrogens with two attached hydrogens (primary N) is 3. The molecule has 0 bridgehead atoms. The zero-order chi connectivity index (χ0) is 44.7. The van der Waals surface area contributed by atoms with Crippen LogP contribution < -0.4 is 54.4 Å². The van der Waals surface area contributed by atoms with Gasteiger partial charge in [-0.25, -0.2) is 4.79 Å². The number of nitrogens with one attached hydrogen (secondary N) is 7. The molecule has 59 heavy (non-hydrogen) atoms. The van der Waals surface area contributed by atoms with Gasteiger partial charge in [-0.2, -0.15) is 0 Å². The van der Waals surface area contributed by atoms with Crippen molar-refractivity contribution in [1.29, 1.82) is 0 Å². The molecule has 1 aromatic carbocycles. The molecule has 18 N–H and O–H groups in total. The molecule has 0 aliphatic rings. The summed E-state index contributed by atoms with van der Waals surface area (Å²) in [4.78, 5) is 111. The van der Waals surface area contributed by atoms with Gasteiger partial charge in [-0.1, -0.05) is 30.3 Å². The third-order valence-corrected chi connectivity index (χ3v) is 8.48. The highest BCUT2D eigenvalue weighted by Crippen LogP contribution is 2.06. The number of hydrogen-bond donors (Lipinski definition) is 15. The first-order chi connectivity index (χ1) is 27.8. The Bertz CT molecular complexity index is 1580. The van der Waals surface area contributed by atoms with Crippen LogP contribution in [0.25, 0.3) is 0 Å². The van der Waals surface area contributed by atoms with Crippen LogP contribution in [0.2, 0.25) is 0 Å². The number of aliphatic hydroxyl groups is 4. The van der Waals surface area contributed by atoms with Crippen LogP contribution in [0.4, 0.5) is 0 Å². The molecule has 330 valence electrons. The van der Waals surface area contributed by atoms with E-state index in [0.29, 0.717) is 12.8 Å². The van der Waals surface area contributed by atoms with E-state index in [1.54, 1.807) is 30.3 Å². The van der Waals surface area contributed by atoms with Crippen LogP contribution in [0.3, 0.4) is 0 Å². The lowest BCUT2D eigenvalue weighted by Crippen LogP contribution is -2.62. The minimum atomic E-state index is -1.84. The lowest BCUT2D eigenvalue weighted by atomic mass is 10.0. The minimum Gasteiger partial charge on any atom is -0.480 e. The molecule has 0 fully saturated rings. The zero-order valence-corrected chi connectivity index (χ0v) is 32.4. The third-order valence-electron chi connectivity index (χ3n) is 8.48. The molecule has 1 rings (SSSR count). The Morgan fingerprint density at radius 3 is 1.75 bits per heavy atom. The fourth-order valence-electron chi connectivity index (χ4n) is 5.15. The van der Waals surface area contributed by atoms with Crippen LogP contribution in [0, 0.1) is 0 Å². The maximum Gasteiger partial charge on any atom is 0.328 e. The van der Waals surface area contributed by atoms with E-state index in [1.165, 1.54) is 0 Å². The molecule has 1 aromatic rings. The Labute approximate surface area is 338 Å². The highest BCUT2D eigenvalue weighted by molar-refractivity contribution is 5.96. The minimum absolute atomic E-state index is 0.171. The normalized spacial score (nSPS) is 15.0. The van der Waals surface area contributed by atoms with Gasteiger partial charge in [0.2, 0.25) is 47.3 Å². The van der Waals surface area contributed by atoms with E-state index in [9.17, 15) is 63.6 Å². The van der Waals surface area contributed by atoms with Gasteiger partial charge in [-0.3, -0.25) is 43.7 Å². The Morgan fingerprint density at radius 1 is 0.661 bits per heavy atom. The van der Waals surface area contributed by atoms with E-state index < -0.39 is 128 Å². The molecule has 0 aliphatic carbocycles. The summed E-state index contributed by atoms with van der Waals surface area (Å²) < 4.78 is 0. The molecular weight excluding hydrogens is 784 g/mol. The maximum atomic E-state index is 13.1. The lowest BCUT2D eigenvalue weighted by Gasteiger charge is -2.27. The summed E-state index contributed by atoms with van der Waals surface area (Å²) in [5, 5.41) is 64.0. The number of carbonyl (C=O) groups is 9. The number of benzene rings is 1. The van der Waals surface area contributed by atoms with Crippen molar-refractivity contribution in [2.75, 3.05) is 32.9 Å². The molecule has 0 saturated carbocycles. The van der Waals surface area contributed by atoms with Crippen LogP contribution in [-0.2, 0) is 49.6 Å². The second kappa shape index (κ2) is 27.0. The molecule has 0 radical (unpaired) electrons. The Hall–Kier alpha value is -5.79. The number of aliphatic hydroxyl groups excluding tert-OH is 4. The maximum absolute atomic E-state index is 13.1. The van der Waals surface area contributed by atoms with Gasteiger partial charge in [0, 0.05) is 25.9 Å². The first kappa shape index (κ1) is 51.2. The SMILES string of the molecule is C[C@@H](O)[C@H](NC(=O)[C@H](CO)NC(CCC(=O)NCCCCNC(=O)C(Cc1ccccc1)NC(=O)C(N)CO)C(N)=O)C(=O)N[C@@H](CC(N)=O)C(=O)N[C@@H](CO)C(=O)O. The predicted octanol–water partition coefficient (Wildman–Crippen LogP) is -7.58. The van der Waals surface area contributed by atoms with E-state index in [0.717, 1.165) is 12.5 Å². The number of hydrogen-bond acceptors (Lipinski definition) is 15. The van der Waals surface area contributed by atoms with E-state index in [-0.39, 0.29) is 32.4 Å². The largest absolute Gasteiger partial charge is 0.480 e. The van der Waals surface area contributed by atoms with E-state index >= 15 is 0 Å². The van der Waals surface area contributed by atoms with Gasteiger partial charge in [-0.05, 0) is 31.7 Å². The molecule has 0 heterocycles. The van der Waals surface area contributed by atoms with E-state index in [4.69, 9.17) is 22.3 Å². The third kappa shape index (κ3) is 19.5. The second-order valence-electron chi connectivity index (χ2n) is 13.3. The van der Waals surface area contributed by atoms with Gasteiger partial charge in [-0.15, -0.1) is 0 Å². The van der Waals surface area contributed by atoms with Crippen LogP contribution >= 0.6 is 0 Å². The number of carboxylic acids is 1. The van der Waals surface area contributed by atoms with Crippen LogP contribution in [0.1, 0.15) is 44.6 Å². The molecule has 0 aromatic heterocycles. The van der Waals surface area contributed by atoms with Gasteiger partial charge in [0.05, 0.1) is 38.4 Å². The van der Waals surface area contributed by atoms with Crippen molar-refractivity contribution in [2.45, 2.75) is 93.8 Å². The molecular formula is C35H56N10O14. The molecule has 24 nitrogen and oxygen atoms in total. The van der Waals surface area contributed by atoms with Gasteiger partial charge in [0.15, 0.2) is 0 Å². The summed E-state index contributed by atoms with van der Waals surface area (Å²) in [5.74, 6) is -9.04. The summed E-state index contributed by atoms with van der Waals surface area (Å²) in [6.07, 6.45) is -2.01. The van der Waals surface area contributed by atoms with Crippen LogP contribution in [0.15, 0.2) is 30.3 Å². The van der Waals surface area contributed by atoms with Crippen molar-refractivity contribution in [1.82, 2.24) is 37.2 Å². The van der Waals surface area contributed by atoms with Crippen molar-refractivity contribution >= 4 is 53.2 Å². The number of aliphatic carboxylic acids is 1. The highest BCUT2D eigenvalue weighted by Gasteiger charge is 2.34. The standard InChI is InChI=1S/C35H56N10O14/c1-18(49)28(34(57)43-23(14-26(37)50)32(55)44-25(17-48)35(58)59)45-33(56)24(16-47)41-21(29(38)52)9-10-27(51)39-11-5-6-12-40-31(54)22(42-30(53)20(36)15-46)13-19-7-3-2-4-8-19/h2-4,7-8,18,20-25,28,41,46-49H,5-6,9-17,36H2,1H3,(H2,37,50)(H2,38,52)(H,39,51)(H,40,54)(H,42,53)(H,43,57)(H,44,55)(H,45,56)(H,58,59)/t18-,20?,21?,22?,23+,24+,25+,28+/m1/s1. The van der Waals surface area contributed by atoms with Crippen molar-refractivity contribution in [2.24, 2.45) is 17.2 Å². The van der Waals surface area contributed by atoms with Crippen molar-refractivity contribution in [3.8, 4) is 0 Å². The van der Waals surface area contributed by atoms with Gasteiger partial charge >= 0.3 is 5.97 Å². The Morgan fingerprint density at radius 2 is 1.22 bits per heavy atom. The van der Waals surface area contributed by atoms with Gasteiger partial charge in [0.25, 0.3) is 0 Å². The average Bonchev–Trinajstić information content (AvgIpc) is 3.18. The van der Waals surface area contributed by atoms with Crippen molar-refractivity contribution in [3.63, 3.8) is 0 Å². The van der Waals surface area contributed by atoms with Crippen LogP contribution in [0.5, 0.6) is 0 Å². The summed E-state index contributed by atoms with van der Waals surface area (Å²) in [7, 11) is 0. The highest BCUT2D eigenvalue weighted by atomic mass is 16.4. The first-order valence-corrected chi connectivity index (χ1v) is 18.5. The lowest BCUT2D eigenvalue weighted by molar-refractivity contribution is -0.143. The van der Waals surface area contributed by atoms with Gasteiger partial charge < -0.3 is 74.6 Å². The molecule has 8 amide bonds. The predicted molar refractivity (Wildman–Crippen MR) is 205 cm³/mol. The topological polar surface area (TPSA) is 417 Å². The molecule has 0 saturated heterocycles. The van der Waals surface area contributed by atoms with Gasteiger partial charge in [0.1, 0.15) is 36.3 Å². The van der Waals surface area contributed by atoms with Crippen molar-refractivity contribution in [3.05, 3.63) is 35.9 Å². The molecule has 8 atom stereocenters. The quantitative estimate of drug-likeness (QED) is 0.0333. The van der Waals surface area contributed by atoms with Crippen LogP contribution in [-0.4, -0.2) is 160 Å². The zero-order valence-electron chi connectivity index (χ0n) is 32.4. The summed E-state index contributed by atoms with van der Waals surface area (Å²) >= 11 is 0. The smallest absolute Gasteiger partial charge is 0.328 e. The molecule has 0 aliphatic heterocycles. The summed E-state index contributed by atoms with van der Waals surface area (Å²) in [6.45, 7) is -1.16. The summed E-state index contributed by atoms with van der Waals surface area (Å²) in [6, 6.07) is -1.68. The van der Waals surface area contributed by atoms with E-state index in [1.807, 2.05) is 5.32 Å². The second-order valence-corrected chi connectivity index (χ2v) is 13.3. The number of carboxylic acid groups (broad SMARTS) is 1.